The number of nitrogens with one attached hydrogen (secondary N) is 1. The van der Waals surface area contributed by atoms with E-state index in [1.54, 1.807) is 12.1 Å². The van der Waals surface area contributed by atoms with Gasteiger partial charge in [-0.3, -0.25) is 4.79 Å². The van der Waals surface area contributed by atoms with E-state index in [0.717, 1.165) is 12.0 Å². The smallest absolute Gasteiger partial charge is 0.339 e. The summed E-state index contributed by atoms with van der Waals surface area (Å²) in [5, 5.41) is 11.8. The summed E-state index contributed by atoms with van der Waals surface area (Å²) in [7, 11) is 1.43. The molecule has 0 unspecified atom stereocenters. The average molecular weight is 263 g/mol. The molecule has 0 saturated heterocycles. The normalized spacial score (nSPS) is 20.7. The van der Waals surface area contributed by atoms with Crippen molar-refractivity contribution in [2.24, 2.45) is 11.8 Å². The lowest BCUT2D eigenvalue weighted by Crippen LogP contribution is -2.24. The van der Waals surface area contributed by atoms with Gasteiger partial charge in [0.2, 0.25) is 5.91 Å². The van der Waals surface area contributed by atoms with E-state index in [1.165, 1.54) is 13.2 Å². The van der Waals surface area contributed by atoms with Crippen molar-refractivity contribution in [3.8, 4) is 5.75 Å². The number of ether oxygens (including phenoxy) is 1. The number of rotatable bonds is 5. The fourth-order valence-corrected chi connectivity index (χ4v) is 2.03. The average Bonchev–Trinajstić information content (AvgIpc) is 3.12. The molecule has 2 atom stereocenters. The monoisotopic (exact) mass is 263 g/mol. The molecule has 102 valence electrons. The zero-order chi connectivity index (χ0) is 14.0. The Hall–Kier alpha value is -2.04. The van der Waals surface area contributed by atoms with Gasteiger partial charge in [0.05, 0.1) is 7.11 Å². The fraction of sp³-hybridized carbons (Fsp3) is 0.429. The summed E-state index contributed by atoms with van der Waals surface area (Å²) in [4.78, 5) is 22.6. The number of methoxy groups -OCH3 is 1. The Bertz CT molecular complexity index is 512. The molecule has 1 fully saturated rings. The summed E-state index contributed by atoms with van der Waals surface area (Å²) in [5.41, 5.74) is 0.942. The molecule has 1 aliphatic rings. The number of carbonyl (C=O) groups is 2. The Balaban J connectivity index is 2.01. The third-order valence-corrected chi connectivity index (χ3v) is 3.41. The van der Waals surface area contributed by atoms with Crippen molar-refractivity contribution in [1.82, 2.24) is 5.32 Å². The van der Waals surface area contributed by atoms with E-state index in [-0.39, 0.29) is 17.4 Å². The highest BCUT2D eigenvalue weighted by molar-refractivity contribution is 5.91. The Morgan fingerprint density at radius 2 is 2.16 bits per heavy atom. The molecule has 2 N–H and O–H groups in total. The van der Waals surface area contributed by atoms with Crippen LogP contribution < -0.4 is 10.1 Å². The fourth-order valence-electron chi connectivity index (χ4n) is 2.03. The molecular formula is C14H17NO4. The number of carboxylic acids is 1. The van der Waals surface area contributed by atoms with Gasteiger partial charge in [-0.1, -0.05) is 13.0 Å². The van der Waals surface area contributed by atoms with E-state index in [1.807, 2.05) is 0 Å². The summed E-state index contributed by atoms with van der Waals surface area (Å²) in [6.07, 6.45) is 0.951. The third-order valence-electron chi connectivity index (χ3n) is 3.41. The van der Waals surface area contributed by atoms with E-state index in [9.17, 15) is 9.59 Å². The van der Waals surface area contributed by atoms with Crippen LogP contribution in [0.25, 0.3) is 0 Å². The maximum atomic E-state index is 11.7. The Kier molecular flexibility index (Phi) is 3.74. The van der Waals surface area contributed by atoms with Crippen LogP contribution in [0.3, 0.4) is 0 Å². The van der Waals surface area contributed by atoms with Crippen LogP contribution in [0.15, 0.2) is 18.2 Å². The lowest BCUT2D eigenvalue weighted by molar-refractivity contribution is -0.122. The van der Waals surface area contributed by atoms with Crippen molar-refractivity contribution in [1.29, 1.82) is 0 Å². The Labute approximate surface area is 111 Å². The zero-order valence-corrected chi connectivity index (χ0v) is 11.0. The summed E-state index contributed by atoms with van der Waals surface area (Å²) < 4.78 is 5.04. The van der Waals surface area contributed by atoms with Gasteiger partial charge in [0, 0.05) is 12.5 Å². The second-order valence-electron chi connectivity index (χ2n) is 4.88. The summed E-state index contributed by atoms with van der Waals surface area (Å²) in [5.74, 6) is -0.0452. The van der Waals surface area contributed by atoms with E-state index in [2.05, 4.69) is 12.2 Å². The molecule has 0 aromatic heterocycles. The second kappa shape index (κ2) is 5.30. The van der Waals surface area contributed by atoms with Crippen LogP contribution in [0, 0.1) is 11.8 Å². The largest absolute Gasteiger partial charge is 0.496 e. The number of carboxylic acid groups (broad SMARTS) is 1. The van der Waals surface area contributed by atoms with Gasteiger partial charge < -0.3 is 15.2 Å². The van der Waals surface area contributed by atoms with Crippen LogP contribution in [0.2, 0.25) is 0 Å². The molecule has 5 heteroatoms. The van der Waals surface area contributed by atoms with Gasteiger partial charge in [0.15, 0.2) is 0 Å². The molecule has 1 saturated carbocycles. The molecule has 1 aromatic rings. The lowest BCUT2D eigenvalue weighted by Gasteiger charge is -2.09. The third kappa shape index (κ3) is 3.05. The van der Waals surface area contributed by atoms with Crippen LogP contribution in [-0.2, 0) is 11.3 Å². The van der Waals surface area contributed by atoms with Crippen molar-refractivity contribution in [3.05, 3.63) is 29.3 Å². The molecule has 0 bridgehead atoms. The number of amides is 1. The molecule has 0 spiro atoms. The first-order chi connectivity index (χ1) is 9.02. The Morgan fingerprint density at radius 1 is 1.47 bits per heavy atom. The summed E-state index contributed by atoms with van der Waals surface area (Å²) in [6.45, 7) is 2.44. The van der Waals surface area contributed by atoms with Crippen LogP contribution in [0.5, 0.6) is 5.75 Å². The maximum absolute atomic E-state index is 11.7. The van der Waals surface area contributed by atoms with Gasteiger partial charge in [0.1, 0.15) is 11.3 Å². The second-order valence-corrected chi connectivity index (χ2v) is 4.88. The molecule has 1 aromatic carbocycles. The minimum atomic E-state index is -1.03. The summed E-state index contributed by atoms with van der Waals surface area (Å²) >= 11 is 0. The summed E-state index contributed by atoms with van der Waals surface area (Å²) in [6, 6.07) is 4.81. The van der Waals surface area contributed by atoms with Crippen LogP contribution in [-0.4, -0.2) is 24.1 Å². The molecule has 19 heavy (non-hydrogen) atoms. The predicted octanol–water partition coefficient (Wildman–Crippen LogP) is 1.67. The van der Waals surface area contributed by atoms with Crippen LogP contribution >= 0.6 is 0 Å². The van der Waals surface area contributed by atoms with Crippen molar-refractivity contribution in [2.75, 3.05) is 7.11 Å². The van der Waals surface area contributed by atoms with Gasteiger partial charge >= 0.3 is 5.97 Å². The van der Waals surface area contributed by atoms with Gasteiger partial charge in [-0.2, -0.15) is 0 Å². The molecule has 0 aliphatic heterocycles. The highest BCUT2D eigenvalue weighted by Crippen LogP contribution is 2.37. The molecule has 2 rings (SSSR count). The first-order valence-electron chi connectivity index (χ1n) is 6.21. The van der Waals surface area contributed by atoms with Crippen LogP contribution in [0.4, 0.5) is 0 Å². The lowest BCUT2D eigenvalue weighted by atomic mass is 10.1. The van der Waals surface area contributed by atoms with Crippen LogP contribution in [0.1, 0.15) is 29.3 Å². The molecule has 1 amide bonds. The molecule has 0 radical (unpaired) electrons. The Morgan fingerprint density at radius 3 is 2.68 bits per heavy atom. The van der Waals surface area contributed by atoms with Crippen molar-refractivity contribution in [2.45, 2.75) is 19.9 Å². The first kappa shape index (κ1) is 13.4. The van der Waals surface area contributed by atoms with E-state index >= 15 is 0 Å². The van der Waals surface area contributed by atoms with E-state index in [0.29, 0.717) is 18.2 Å². The maximum Gasteiger partial charge on any atom is 0.339 e. The first-order valence-corrected chi connectivity index (χ1v) is 6.21. The van der Waals surface area contributed by atoms with E-state index < -0.39 is 5.97 Å². The minimum absolute atomic E-state index is 0.0637. The topological polar surface area (TPSA) is 75.6 Å². The standard InChI is InChI=1S/C14H17NO4/c1-8-5-11(8)13(16)15-7-9-3-4-10(14(17)18)12(6-9)19-2/h3-4,6,8,11H,5,7H2,1-2H3,(H,15,16)(H,17,18)/t8-,11-/m1/s1. The van der Waals surface area contributed by atoms with Gasteiger partial charge in [-0.05, 0) is 30.0 Å². The molecular weight excluding hydrogens is 246 g/mol. The quantitative estimate of drug-likeness (QED) is 0.847. The van der Waals surface area contributed by atoms with E-state index in [4.69, 9.17) is 9.84 Å². The van der Waals surface area contributed by atoms with Crippen molar-refractivity contribution >= 4 is 11.9 Å². The number of carbonyl (C=O) groups excluding carboxylic acids is 1. The minimum Gasteiger partial charge on any atom is -0.496 e. The molecule has 1 aliphatic carbocycles. The van der Waals surface area contributed by atoms with Gasteiger partial charge in [-0.15, -0.1) is 0 Å². The molecule has 0 heterocycles. The van der Waals surface area contributed by atoms with Crippen molar-refractivity contribution < 1.29 is 19.4 Å². The zero-order valence-electron chi connectivity index (χ0n) is 11.0. The highest BCUT2D eigenvalue weighted by atomic mass is 16.5. The number of aromatic carboxylic acids is 1. The molecule has 5 nitrogen and oxygen atoms in total. The van der Waals surface area contributed by atoms with Crippen molar-refractivity contribution in [3.63, 3.8) is 0 Å². The van der Waals surface area contributed by atoms with Gasteiger partial charge in [-0.25, -0.2) is 4.79 Å². The highest BCUT2D eigenvalue weighted by Gasteiger charge is 2.38. The predicted molar refractivity (Wildman–Crippen MR) is 69.1 cm³/mol. The number of hydrogen-bond acceptors (Lipinski definition) is 3. The SMILES string of the molecule is COc1cc(CNC(=O)[C@@H]2C[C@H]2C)ccc1C(=O)O. The van der Waals surface area contributed by atoms with Gasteiger partial charge in [0.25, 0.3) is 0 Å². The number of hydrogen-bond donors (Lipinski definition) is 2. The number of benzene rings is 1.